The number of halogens is 3. The van der Waals surface area contributed by atoms with Gasteiger partial charge in [0, 0.05) is 32.3 Å². The fraction of sp³-hybridized carbons (Fsp3) is 0.727. The Kier molecular flexibility index (Phi) is 6.14. The predicted molar refractivity (Wildman–Crippen MR) is 62.9 cm³/mol. The minimum atomic E-state index is -4.04. The molecule has 1 heterocycles. The Morgan fingerprint density at radius 3 is 2.78 bits per heavy atom. The van der Waals surface area contributed by atoms with E-state index in [1.54, 1.807) is 6.33 Å². The van der Waals surface area contributed by atoms with E-state index in [1.165, 1.54) is 0 Å². The van der Waals surface area contributed by atoms with Crippen LogP contribution >= 0.6 is 0 Å². The molecule has 7 heteroatoms. The maximum absolute atomic E-state index is 11.9. The van der Waals surface area contributed by atoms with Gasteiger partial charge in [-0.25, -0.2) is 4.98 Å². The normalized spacial score (nSPS) is 12.0. The molecule has 0 aliphatic heterocycles. The second-order valence-corrected chi connectivity index (χ2v) is 4.14. The summed E-state index contributed by atoms with van der Waals surface area (Å²) in [6, 6.07) is 0. The molecule has 18 heavy (non-hydrogen) atoms. The lowest BCUT2D eigenvalue weighted by molar-refractivity contribution is -0.135. The second kappa shape index (κ2) is 7.38. The van der Waals surface area contributed by atoms with Crippen molar-refractivity contribution < 1.29 is 13.2 Å². The number of rotatable bonds is 8. The highest BCUT2D eigenvalue weighted by Gasteiger charge is 2.25. The number of aromatic nitrogens is 2. The van der Waals surface area contributed by atoms with E-state index in [9.17, 15) is 13.2 Å². The first-order valence-corrected chi connectivity index (χ1v) is 5.99. The van der Waals surface area contributed by atoms with Crippen LogP contribution in [0, 0.1) is 0 Å². The first-order valence-electron chi connectivity index (χ1n) is 5.99. The summed E-state index contributed by atoms with van der Waals surface area (Å²) < 4.78 is 37.5. The number of alkyl halides is 3. The van der Waals surface area contributed by atoms with E-state index >= 15 is 0 Å². The van der Waals surface area contributed by atoms with Gasteiger partial charge in [-0.15, -0.1) is 0 Å². The molecule has 0 bridgehead atoms. The zero-order valence-corrected chi connectivity index (χ0v) is 10.2. The maximum Gasteiger partial charge on any atom is 0.389 e. The Morgan fingerprint density at radius 2 is 2.11 bits per heavy atom. The van der Waals surface area contributed by atoms with Crippen molar-refractivity contribution in [3.05, 3.63) is 18.2 Å². The highest BCUT2D eigenvalue weighted by Crippen LogP contribution is 2.21. The van der Waals surface area contributed by atoms with Gasteiger partial charge >= 0.3 is 6.18 Å². The van der Waals surface area contributed by atoms with Crippen LogP contribution in [0.5, 0.6) is 0 Å². The average Bonchev–Trinajstić information content (AvgIpc) is 2.70. The Morgan fingerprint density at radius 1 is 1.33 bits per heavy atom. The summed E-state index contributed by atoms with van der Waals surface area (Å²) in [5, 5.41) is 3.07. The van der Waals surface area contributed by atoms with Crippen molar-refractivity contribution in [2.75, 3.05) is 13.1 Å². The summed E-state index contributed by atoms with van der Waals surface area (Å²) in [5.74, 6) is 0. The molecular weight excluding hydrogens is 245 g/mol. The number of hydrogen-bond donors (Lipinski definition) is 2. The van der Waals surface area contributed by atoms with Crippen LogP contribution in [0.2, 0.25) is 0 Å². The van der Waals surface area contributed by atoms with Gasteiger partial charge < -0.3 is 15.6 Å². The number of unbranched alkanes of at least 4 members (excludes halogenated alkanes) is 1. The van der Waals surface area contributed by atoms with Crippen LogP contribution in [-0.4, -0.2) is 28.8 Å². The highest BCUT2D eigenvalue weighted by atomic mass is 19.4. The maximum atomic E-state index is 11.9. The van der Waals surface area contributed by atoms with Gasteiger partial charge in [0.15, 0.2) is 0 Å². The molecule has 3 N–H and O–H groups in total. The largest absolute Gasteiger partial charge is 0.389 e. The Labute approximate surface area is 104 Å². The third-order valence-corrected chi connectivity index (χ3v) is 2.44. The van der Waals surface area contributed by atoms with E-state index in [4.69, 9.17) is 5.73 Å². The molecule has 4 nitrogen and oxygen atoms in total. The topological polar surface area (TPSA) is 55.9 Å². The van der Waals surface area contributed by atoms with Crippen molar-refractivity contribution in [2.45, 2.75) is 38.5 Å². The smallest absolute Gasteiger partial charge is 0.336 e. The SMILES string of the molecule is NCCn1cnc(CNCCCCC(F)(F)F)c1. The Bertz CT molecular complexity index is 335. The molecule has 0 saturated carbocycles. The summed E-state index contributed by atoms with van der Waals surface area (Å²) in [4.78, 5) is 4.16. The molecule has 0 aliphatic carbocycles. The fourth-order valence-corrected chi connectivity index (χ4v) is 1.56. The van der Waals surface area contributed by atoms with Crippen LogP contribution in [0.3, 0.4) is 0 Å². The van der Waals surface area contributed by atoms with Gasteiger partial charge in [-0.3, -0.25) is 0 Å². The van der Waals surface area contributed by atoms with Crippen LogP contribution in [-0.2, 0) is 13.1 Å². The van der Waals surface area contributed by atoms with Gasteiger partial charge in [-0.05, 0) is 19.4 Å². The second-order valence-electron chi connectivity index (χ2n) is 4.14. The van der Waals surface area contributed by atoms with Gasteiger partial charge in [0.2, 0.25) is 0 Å². The summed E-state index contributed by atoms with van der Waals surface area (Å²) in [6.07, 6.45) is -0.481. The molecule has 0 aromatic carbocycles. The van der Waals surface area contributed by atoms with Gasteiger partial charge in [-0.1, -0.05) is 0 Å². The van der Waals surface area contributed by atoms with Gasteiger partial charge in [-0.2, -0.15) is 13.2 Å². The lowest BCUT2D eigenvalue weighted by Crippen LogP contribution is -2.16. The molecule has 0 fully saturated rings. The monoisotopic (exact) mass is 264 g/mol. The van der Waals surface area contributed by atoms with E-state index in [2.05, 4.69) is 10.3 Å². The van der Waals surface area contributed by atoms with E-state index in [1.807, 2.05) is 10.8 Å². The number of imidazole rings is 1. The van der Waals surface area contributed by atoms with Crippen molar-refractivity contribution in [1.82, 2.24) is 14.9 Å². The highest BCUT2D eigenvalue weighted by molar-refractivity contribution is 4.96. The molecule has 104 valence electrons. The van der Waals surface area contributed by atoms with Crippen LogP contribution in [0.15, 0.2) is 12.5 Å². The molecular formula is C11H19F3N4. The minimum absolute atomic E-state index is 0.165. The quantitative estimate of drug-likeness (QED) is 0.702. The van der Waals surface area contributed by atoms with E-state index < -0.39 is 12.6 Å². The van der Waals surface area contributed by atoms with Crippen LogP contribution in [0.1, 0.15) is 25.0 Å². The zero-order chi connectivity index (χ0) is 13.4. The lowest BCUT2D eigenvalue weighted by Gasteiger charge is -2.06. The molecule has 0 aliphatic rings. The molecule has 0 unspecified atom stereocenters. The van der Waals surface area contributed by atoms with Gasteiger partial charge in [0.05, 0.1) is 12.0 Å². The van der Waals surface area contributed by atoms with Crippen molar-refractivity contribution in [1.29, 1.82) is 0 Å². The first kappa shape index (κ1) is 15.0. The average molecular weight is 264 g/mol. The molecule has 1 aromatic heterocycles. The van der Waals surface area contributed by atoms with Crippen molar-refractivity contribution >= 4 is 0 Å². The standard InChI is InChI=1S/C11H19F3N4/c12-11(13,14)3-1-2-5-16-7-10-8-18(6-4-15)9-17-10/h8-9,16H,1-7,15H2. The van der Waals surface area contributed by atoms with Gasteiger partial charge in [0.25, 0.3) is 0 Å². The zero-order valence-electron chi connectivity index (χ0n) is 10.2. The minimum Gasteiger partial charge on any atom is -0.336 e. The third-order valence-electron chi connectivity index (χ3n) is 2.44. The van der Waals surface area contributed by atoms with Crippen molar-refractivity contribution in [3.63, 3.8) is 0 Å². The molecule has 0 radical (unpaired) electrons. The van der Waals surface area contributed by atoms with Crippen LogP contribution in [0.25, 0.3) is 0 Å². The number of hydrogen-bond acceptors (Lipinski definition) is 3. The number of nitrogens with zero attached hydrogens (tertiary/aromatic N) is 2. The van der Waals surface area contributed by atoms with E-state index in [0.29, 0.717) is 26.1 Å². The van der Waals surface area contributed by atoms with Gasteiger partial charge in [0.1, 0.15) is 0 Å². The lowest BCUT2D eigenvalue weighted by atomic mass is 10.2. The number of nitrogens with two attached hydrogens (primary N) is 1. The summed E-state index contributed by atoms with van der Waals surface area (Å²) >= 11 is 0. The van der Waals surface area contributed by atoms with Crippen LogP contribution < -0.4 is 11.1 Å². The van der Waals surface area contributed by atoms with Crippen molar-refractivity contribution in [2.24, 2.45) is 5.73 Å². The summed E-state index contributed by atoms with van der Waals surface area (Å²) in [7, 11) is 0. The van der Waals surface area contributed by atoms with E-state index in [-0.39, 0.29) is 6.42 Å². The molecule has 0 spiro atoms. The molecule has 1 aromatic rings. The Balaban J connectivity index is 2.07. The molecule has 1 rings (SSSR count). The van der Waals surface area contributed by atoms with E-state index in [0.717, 1.165) is 12.2 Å². The van der Waals surface area contributed by atoms with Crippen LogP contribution in [0.4, 0.5) is 13.2 Å². The Hall–Kier alpha value is -1.08. The van der Waals surface area contributed by atoms with Crippen molar-refractivity contribution in [3.8, 4) is 0 Å². The third kappa shape index (κ3) is 6.61. The summed E-state index contributed by atoms with van der Waals surface area (Å²) in [5.41, 5.74) is 6.28. The molecule has 0 amide bonds. The first-order chi connectivity index (χ1) is 8.51. The molecule has 0 saturated heterocycles. The molecule has 0 atom stereocenters. The summed E-state index contributed by atoms with van der Waals surface area (Å²) in [6.45, 7) is 2.42. The predicted octanol–water partition coefficient (Wildman–Crippen LogP) is 1.66. The number of nitrogens with one attached hydrogen (secondary N) is 1. The fourth-order valence-electron chi connectivity index (χ4n) is 1.56.